The molecule has 3 rings (SSSR count). The fraction of sp³-hybridized carbons (Fsp3) is 0.316. The number of fused-ring (bicyclic) bond motifs is 1. The van der Waals surface area contributed by atoms with Gasteiger partial charge in [0.05, 0.1) is 25.8 Å². The van der Waals surface area contributed by atoms with Crippen molar-refractivity contribution in [2.75, 3.05) is 25.2 Å². The van der Waals surface area contributed by atoms with Crippen molar-refractivity contribution in [1.82, 2.24) is 0 Å². The van der Waals surface area contributed by atoms with Gasteiger partial charge in [-0.25, -0.2) is 0 Å². The summed E-state index contributed by atoms with van der Waals surface area (Å²) < 4.78 is 10.9. The molecule has 23 heavy (non-hydrogen) atoms. The Morgan fingerprint density at radius 3 is 2.74 bits per heavy atom. The second-order valence-electron chi connectivity index (χ2n) is 5.56. The third kappa shape index (κ3) is 3.65. The quantitative estimate of drug-likeness (QED) is 0.849. The summed E-state index contributed by atoms with van der Waals surface area (Å²) in [5.41, 5.74) is 2.18. The summed E-state index contributed by atoms with van der Waals surface area (Å²) in [4.78, 5) is 14.4. The van der Waals surface area contributed by atoms with E-state index < -0.39 is 0 Å². The van der Waals surface area contributed by atoms with Crippen molar-refractivity contribution < 1.29 is 14.3 Å². The number of ether oxygens (including phenoxy) is 2. The molecule has 1 heterocycles. The highest BCUT2D eigenvalue weighted by atomic mass is 16.5. The molecular formula is C19H21NO3. The maximum atomic E-state index is 12.6. The van der Waals surface area contributed by atoms with Crippen molar-refractivity contribution in [3.05, 3.63) is 54.1 Å². The molecule has 1 amide bonds. The van der Waals surface area contributed by atoms with Crippen LogP contribution in [0.3, 0.4) is 0 Å². The van der Waals surface area contributed by atoms with Crippen molar-refractivity contribution in [3.8, 4) is 11.5 Å². The Balaban J connectivity index is 1.64. The van der Waals surface area contributed by atoms with E-state index in [4.69, 9.17) is 9.47 Å². The van der Waals surface area contributed by atoms with Gasteiger partial charge >= 0.3 is 0 Å². The summed E-state index contributed by atoms with van der Waals surface area (Å²) in [5.74, 6) is 1.67. The fourth-order valence-corrected chi connectivity index (χ4v) is 2.85. The van der Waals surface area contributed by atoms with Crippen molar-refractivity contribution in [2.45, 2.75) is 19.3 Å². The van der Waals surface area contributed by atoms with Crippen LogP contribution in [-0.4, -0.2) is 26.2 Å². The minimum absolute atomic E-state index is 0.0927. The van der Waals surface area contributed by atoms with Crippen LogP contribution in [0.25, 0.3) is 0 Å². The van der Waals surface area contributed by atoms with Gasteiger partial charge in [-0.2, -0.15) is 0 Å². The first-order valence-corrected chi connectivity index (χ1v) is 7.93. The van der Waals surface area contributed by atoms with Crippen LogP contribution >= 0.6 is 0 Å². The molecule has 4 nitrogen and oxygen atoms in total. The molecule has 0 radical (unpaired) electrons. The number of nitrogens with zero attached hydrogens (tertiary/aromatic N) is 1. The maximum Gasteiger partial charge on any atom is 0.230 e. The molecule has 0 saturated heterocycles. The van der Waals surface area contributed by atoms with Gasteiger partial charge in [-0.1, -0.05) is 24.3 Å². The van der Waals surface area contributed by atoms with Gasteiger partial charge < -0.3 is 14.4 Å². The lowest BCUT2D eigenvalue weighted by Gasteiger charge is -2.30. The highest BCUT2D eigenvalue weighted by Gasteiger charge is 2.22. The Morgan fingerprint density at radius 1 is 1.13 bits per heavy atom. The number of carbonyl (C=O) groups is 1. The molecular weight excluding hydrogens is 290 g/mol. The van der Waals surface area contributed by atoms with Crippen LogP contribution in [-0.2, 0) is 11.2 Å². The number of carbonyl (C=O) groups excluding carboxylic acids is 1. The topological polar surface area (TPSA) is 38.8 Å². The van der Waals surface area contributed by atoms with Crippen molar-refractivity contribution in [1.29, 1.82) is 0 Å². The van der Waals surface area contributed by atoms with E-state index in [-0.39, 0.29) is 5.91 Å². The van der Waals surface area contributed by atoms with Crippen molar-refractivity contribution >= 4 is 11.6 Å². The van der Waals surface area contributed by atoms with E-state index in [1.807, 2.05) is 53.4 Å². The maximum absolute atomic E-state index is 12.6. The first-order chi connectivity index (χ1) is 11.3. The Bertz CT molecular complexity index is 670. The van der Waals surface area contributed by atoms with Crippen molar-refractivity contribution in [3.63, 3.8) is 0 Å². The monoisotopic (exact) mass is 311 g/mol. The lowest BCUT2D eigenvalue weighted by molar-refractivity contribution is -0.119. The number of para-hydroxylation sites is 1. The number of hydrogen-bond acceptors (Lipinski definition) is 3. The number of hydrogen-bond donors (Lipinski definition) is 0. The largest absolute Gasteiger partial charge is 0.497 e. The SMILES string of the molecule is COc1ccc2c(c1)N(C(=O)CCOc1ccccc1)CCC2. The van der Waals surface area contributed by atoms with E-state index in [1.54, 1.807) is 7.11 Å². The predicted molar refractivity (Wildman–Crippen MR) is 90.2 cm³/mol. The molecule has 2 aromatic carbocycles. The molecule has 2 aromatic rings. The van der Waals surface area contributed by atoms with E-state index >= 15 is 0 Å². The summed E-state index contributed by atoms with van der Waals surface area (Å²) in [6.07, 6.45) is 2.36. The van der Waals surface area contributed by atoms with Gasteiger partial charge in [0.2, 0.25) is 5.91 Å². The number of rotatable bonds is 5. The smallest absolute Gasteiger partial charge is 0.230 e. The average Bonchev–Trinajstić information content (AvgIpc) is 2.61. The zero-order chi connectivity index (χ0) is 16.1. The first-order valence-electron chi connectivity index (χ1n) is 7.93. The van der Waals surface area contributed by atoms with Gasteiger partial charge in [0, 0.05) is 12.6 Å². The molecule has 0 unspecified atom stereocenters. The molecule has 120 valence electrons. The van der Waals surface area contributed by atoms with Crippen LogP contribution < -0.4 is 14.4 Å². The van der Waals surface area contributed by atoms with E-state index in [0.29, 0.717) is 13.0 Å². The van der Waals surface area contributed by atoms with E-state index in [1.165, 1.54) is 5.56 Å². The molecule has 0 aromatic heterocycles. The van der Waals surface area contributed by atoms with E-state index in [9.17, 15) is 4.79 Å². The molecule has 0 saturated carbocycles. The molecule has 0 N–H and O–H groups in total. The molecule has 0 spiro atoms. The van der Waals surface area contributed by atoms with Gasteiger partial charge in [0.25, 0.3) is 0 Å². The van der Waals surface area contributed by atoms with E-state index in [0.717, 1.165) is 36.6 Å². The third-order valence-electron chi connectivity index (χ3n) is 4.04. The van der Waals surface area contributed by atoms with Crippen LogP contribution in [0, 0.1) is 0 Å². The van der Waals surface area contributed by atoms with Crippen LogP contribution in [0.1, 0.15) is 18.4 Å². The lowest BCUT2D eigenvalue weighted by atomic mass is 10.0. The molecule has 0 aliphatic carbocycles. The lowest BCUT2D eigenvalue weighted by Crippen LogP contribution is -2.36. The fourth-order valence-electron chi connectivity index (χ4n) is 2.85. The molecule has 1 aliphatic heterocycles. The van der Waals surface area contributed by atoms with Gasteiger partial charge in [-0.3, -0.25) is 4.79 Å². The molecule has 0 fully saturated rings. The average molecular weight is 311 g/mol. The Labute approximate surface area is 136 Å². The van der Waals surface area contributed by atoms with E-state index in [2.05, 4.69) is 0 Å². The molecule has 1 aliphatic rings. The number of methoxy groups -OCH3 is 1. The summed E-state index contributed by atoms with van der Waals surface area (Å²) >= 11 is 0. The zero-order valence-corrected chi connectivity index (χ0v) is 13.3. The number of amides is 1. The summed E-state index contributed by atoms with van der Waals surface area (Å²) in [7, 11) is 1.64. The van der Waals surface area contributed by atoms with Crippen LogP contribution in [0.4, 0.5) is 5.69 Å². The predicted octanol–water partition coefficient (Wildman–Crippen LogP) is 3.44. The standard InChI is InChI=1S/C19H21NO3/c1-22-17-10-9-15-6-5-12-20(18(15)14-17)19(21)11-13-23-16-7-3-2-4-8-16/h2-4,7-10,14H,5-6,11-13H2,1H3. The van der Waals surface area contributed by atoms with Gasteiger partial charge in [0.15, 0.2) is 0 Å². The zero-order valence-electron chi connectivity index (χ0n) is 13.3. The number of anilines is 1. The van der Waals surface area contributed by atoms with Crippen LogP contribution in [0.15, 0.2) is 48.5 Å². The molecule has 4 heteroatoms. The second kappa shape index (κ2) is 7.18. The molecule has 0 bridgehead atoms. The van der Waals surface area contributed by atoms with Crippen LogP contribution in [0.2, 0.25) is 0 Å². The second-order valence-corrected chi connectivity index (χ2v) is 5.56. The third-order valence-corrected chi connectivity index (χ3v) is 4.04. The summed E-state index contributed by atoms with van der Waals surface area (Å²) in [5, 5.41) is 0. The van der Waals surface area contributed by atoms with Gasteiger partial charge in [-0.05, 0) is 36.6 Å². The van der Waals surface area contributed by atoms with Gasteiger partial charge in [0.1, 0.15) is 11.5 Å². The Morgan fingerprint density at radius 2 is 1.96 bits per heavy atom. The highest BCUT2D eigenvalue weighted by molar-refractivity contribution is 5.94. The number of benzene rings is 2. The molecule has 0 atom stereocenters. The first kappa shape index (κ1) is 15.4. The highest BCUT2D eigenvalue weighted by Crippen LogP contribution is 2.31. The normalized spacial score (nSPS) is 13.3. The minimum atomic E-state index is 0.0927. The summed E-state index contributed by atoms with van der Waals surface area (Å²) in [6.45, 7) is 1.14. The Kier molecular flexibility index (Phi) is 4.81. The van der Waals surface area contributed by atoms with Crippen LogP contribution in [0.5, 0.6) is 11.5 Å². The summed E-state index contributed by atoms with van der Waals surface area (Å²) in [6, 6.07) is 15.5. The number of aryl methyl sites for hydroxylation is 1. The Hall–Kier alpha value is -2.49. The minimum Gasteiger partial charge on any atom is -0.497 e. The van der Waals surface area contributed by atoms with Gasteiger partial charge in [-0.15, -0.1) is 0 Å². The van der Waals surface area contributed by atoms with Crippen molar-refractivity contribution in [2.24, 2.45) is 0 Å².